The Morgan fingerprint density at radius 3 is 2.52 bits per heavy atom. The first-order valence-electron chi connectivity index (χ1n) is 8.73. The molecule has 4 nitrogen and oxygen atoms in total. The minimum absolute atomic E-state index is 0.252. The first-order chi connectivity index (χ1) is 11.1. The van der Waals surface area contributed by atoms with E-state index in [4.69, 9.17) is 23.2 Å². The van der Waals surface area contributed by atoms with Gasteiger partial charge in [0.1, 0.15) is 4.33 Å². The third-order valence-corrected chi connectivity index (χ3v) is 7.80. The molecule has 4 aliphatic rings. The summed E-state index contributed by atoms with van der Waals surface area (Å²) < 4.78 is 1.68. The molecule has 6 heteroatoms. The van der Waals surface area contributed by atoms with Crippen LogP contribution in [0.5, 0.6) is 0 Å². The second-order valence-electron chi connectivity index (χ2n) is 7.73. The van der Waals surface area contributed by atoms with Crippen molar-refractivity contribution >= 4 is 29.1 Å². The molecule has 0 N–H and O–H groups in total. The van der Waals surface area contributed by atoms with Crippen LogP contribution in [-0.2, 0) is 17.9 Å². The summed E-state index contributed by atoms with van der Waals surface area (Å²) in [5.41, 5.74) is 1.15. The number of imidazole rings is 1. The van der Waals surface area contributed by atoms with Crippen molar-refractivity contribution in [1.82, 2.24) is 14.5 Å². The Morgan fingerprint density at radius 1 is 1.13 bits per heavy atom. The Bertz CT molecular complexity index is 636. The first-order valence-corrected chi connectivity index (χ1v) is 9.48. The van der Waals surface area contributed by atoms with E-state index >= 15 is 0 Å². The number of halogens is 2. The lowest BCUT2D eigenvalue weighted by Gasteiger charge is -2.28. The molecule has 23 heavy (non-hydrogen) atoms. The van der Waals surface area contributed by atoms with Gasteiger partial charge in [0.15, 0.2) is 0 Å². The van der Waals surface area contributed by atoms with E-state index in [-0.39, 0.29) is 5.92 Å². The summed E-state index contributed by atoms with van der Waals surface area (Å²) in [5, 5.41) is 0. The van der Waals surface area contributed by atoms with Crippen LogP contribution in [0.2, 0.25) is 0 Å². The fraction of sp³-hybridized carbons (Fsp3) is 0.765. The Hall–Kier alpha value is -0.740. The number of carbonyl (C=O) groups is 1. The molecule has 3 fully saturated rings. The SMILES string of the molecule is O=C(C1[C@@H]2CC[C@@H]3[C@@H](CC[C@@H]12)C3(Cl)Cl)N1CCn2cncc2C1. The highest BCUT2D eigenvalue weighted by Crippen LogP contribution is 2.67. The number of hydrogen-bond donors (Lipinski definition) is 0. The van der Waals surface area contributed by atoms with Crippen LogP contribution in [0.1, 0.15) is 31.4 Å². The van der Waals surface area contributed by atoms with Crippen LogP contribution in [0.25, 0.3) is 0 Å². The molecule has 0 spiro atoms. The van der Waals surface area contributed by atoms with Crippen molar-refractivity contribution in [2.45, 2.75) is 43.1 Å². The lowest BCUT2D eigenvalue weighted by atomic mass is 10.0. The van der Waals surface area contributed by atoms with Gasteiger partial charge < -0.3 is 9.47 Å². The van der Waals surface area contributed by atoms with Gasteiger partial charge in [0.25, 0.3) is 0 Å². The highest BCUT2D eigenvalue weighted by molar-refractivity contribution is 6.51. The second-order valence-corrected chi connectivity index (χ2v) is 9.18. The molecule has 0 bridgehead atoms. The van der Waals surface area contributed by atoms with Crippen molar-refractivity contribution in [3.63, 3.8) is 0 Å². The Kier molecular flexibility index (Phi) is 3.10. The van der Waals surface area contributed by atoms with Gasteiger partial charge >= 0.3 is 0 Å². The lowest BCUT2D eigenvalue weighted by molar-refractivity contribution is -0.134. The molecule has 0 aromatic carbocycles. The largest absolute Gasteiger partial charge is 0.335 e. The van der Waals surface area contributed by atoms with Crippen molar-refractivity contribution in [3.8, 4) is 0 Å². The van der Waals surface area contributed by atoms with Gasteiger partial charge in [-0.3, -0.25) is 4.79 Å². The zero-order valence-electron chi connectivity index (χ0n) is 13.0. The van der Waals surface area contributed by atoms with Crippen LogP contribution in [0.15, 0.2) is 12.5 Å². The minimum atomic E-state index is -0.471. The van der Waals surface area contributed by atoms with Crippen LogP contribution < -0.4 is 0 Å². The van der Waals surface area contributed by atoms with E-state index < -0.39 is 4.33 Å². The van der Waals surface area contributed by atoms with Gasteiger partial charge in [-0.25, -0.2) is 4.98 Å². The van der Waals surface area contributed by atoms with Gasteiger partial charge in [-0.05, 0) is 49.4 Å². The highest BCUT2D eigenvalue weighted by Gasteiger charge is 2.65. The molecule has 1 aliphatic heterocycles. The van der Waals surface area contributed by atoms with E-state index in [1.165, 1.54) is 0 Å². The Balaban J connectivity index is 1.25. The minimum Gasteiger partial charge on any atom is -0.335 e. The number of amides is 1. The van der Waals surface area contributed by atoms with Gasteiger partial charge in [0, 0.05) is 25.2 Å². The quantitative estimate of drug-likeness (QED) is 0.727. The molecule has 4 atom stereocenters. The predicted molar refractivity (Wildman–Crippen MR) is 88.0 cm³/mol. The molecule has 0 saturated heterocycles. The van der Waals surface area contributed by atoms with Gasteiger partial charge in [0.05, 0.1) is 18.6 Å². The number of nitrogens with zero attached hydrogens (tertiary/aromatic N) is 3. The molecule has 3 saturated carbocycles. The normalized spacial score (nSPS) is 40.3. The van der Waals surface area contributed by atoms with Crippen molar-refractivity contribution in [2.24, 2.45) is 29.6 Å². The summed E-state index contributed by atoms with van der Waals surface area (Å²) in [6.45, 7) is 2.40. The Morgan fingerprint density at radius 2 is 1.83 bits per heavy atom. The summed E-state index contributed by atoms with van der Waals surface area (Å²) in [5.74, 6) is 2.69. The highest BCUT2D eigenvalue weighted by atomic mass is 35.5. The average Bonchev–Trinajstić information content (AvgIpc) is 3.20. The molecule has 1 aromatic rings. The van der Waals surface area contributed by atoms with Crippen LogP contribution >= 0.6 is 23.2 Å². The van der Waals surface area contributed by atoms with Crippen LogP contribution in [0.3, 0.4) is 0 Å². The second kappa shape index (κ2) is 4.89. The number of alkyl halides is 2. The van der Waals surface area contributed by atoms with E-state index in [2.05, 4.69) is 9.55 Å². The molecular formula is C17H21Cl2N3O. The summed E-state index contributed by atoms with van der Waals surface area (Å²) in [6.07, 6.45) is 8.16. The molecule has 1 amide bonds. The number of rotatable bonds is 1. The van der Waals surface area contributed by atoms with Gasteiger partial charge in [-0.15, -0.1) is 23.2 Å². The molecule has 124 valence electrons. The number of fused-ring (bicyclic) bond motifs is 3. The van der Waals surface area contributed by atoms with Gasteiger partial charge in [0.2, 0.25) is 5.91 Å². The van der Waals surface area contributed by atoms with E-state index in [0.717, 1.165) is 44.5 Å². The fourth-order valence-corrected chi connectivity index (χ4v) is 6.09. The molecular weight excluding hydrogens is 333 g/mol. The standard InChI is InChI=1S/C17H21Cl2N3O/c18-17(19)13-3-1-11-12(2-4-14(13)17)15(11)16(23)21-5-6-22-9-20-7-10(22)8-21/h7,9,11-15H,1-6,8H2/t11-,12-,13-,14-/m1/s1. The number of aromatic nitrogens is 2. The Labute approximate surface area is 146 Å². The predicted octanol–water partition coefficient (Wildman–Crippen LogP) is 3.08. The van der Waals surface area contributed by atoms with Gasteiger partial charge in [-0.1, -0.05) is 0 Å². The molecule has 3 aliphatic carbocycles. The molecule has 5 rings (SSSR count). The van der Waals surface area contributed by atoms with E-state index in [1.807, 2.05) is 17.4 Å². The monoisotopic (exact) mass is 353 g/mol. The van der Waals surface area contributed by atoms with Crippen molar-refractivity contribution < 1.29 is 4.79 Å². The van der Waals surface area contributed by atoms with Crippen LogP contribution in [0, 0.1) is 29.6 Å². The summed E-state index contributed by atoms with van der Waals surface area (Å²) in [7, 11) is 0. The number of carbonyl (C=O) groups excluding carboxylic acids is 1. The van der Waals surface area contributed by atoms with Crippen molar-refractivity contribution in [2.75, 3.05) is 6.54 Å². The third kappa shape index (κ3) is 2.17. The average molecular weight is 354 g/mol. The van der Waals surface area contributed by atoms with E-state index in [9.17, 15) is 4.79 Å². The summed E-state index contributed by atoms with van der Waals surface area (Å²) in [4.78, 5) is 19.2. The third-order valence-electron chi connectivity index (χ3n) is 6.68. The number of hydrogen-bond acceptors (Lipinski definition) is 2. The maximum Gasteiger partial charge on any atom is 0.226 e. The summed E-state index contributed by atoms with van der Waals surface area (Å²) >= 11 is 12.7. The van der Waals surface area contributed by atoms with Crippen LogP contribution in [-0.4, -0.2) is 31.2 Å². The molecule has 0 unspecified atom stereocenters. The van der Waals surface area contributed by atoms with E-state index in [1.54, 1.807) is 0 Å². The van der Waals surface area contributed by atoms with E-state index in [0.29, 0.717) is 36.1 Å². The van der Waals surface area contributed by atoms with Gasteiger partial charge in [-0.2, -0.15) is 0 Å². The molecule has 2 heterocycles. The molecule has 0 radical (unpaired) electrons. The fourth-order valence-electron chi connectivity index (χ4n) is 5.17. The lowest BCUT2D eigenvalue weighted by Crippen LogP contribution is -2.39. The maximum absolute atomic E-state index is 12.9. The van der Waals surface area contributed by atoms with Crippen molar-refractivity contribution in [1.29, 1.82) is 0 Å². The summed E-state index contributed by atoms with van der Waals surface area (Å²) in [6, 6.07) is 0. The molecule has 1 aromatic heterocycles. The topological polar surface area (TPSA) is 38.1 Å². The zero-order chi connectivity index (χ0) is 15.8. The van der Waals surface area contributed by atoms with Crippen LogP contribution in [0.4, 0.5) is 0 Å². The maximum atomic E-state index is 12.9. The zero-order valence-corrected chi connectivity index (χ0v) is 14.5. The van der Waals surface area contributed by atoms with Crippen molar-refractivity contribution in [3.05, 3.63) is 18.2 Å². The first kappa shape index (κ1) is 14.6. The smallest absolute Gasteiger partial charge is 0.226 e.